The van der Waals surface area contributed by atoms with E-state index >= 15 is 0 Å². The Balaban J connectivity index is 2.28. The molecule has 92 valence electrons. The monoisotopic (exact) mass is 282 g/mol. The molecule has 1 aromatic carbocycles. The van der Waals surface area contributed by atoms with E-state index in [0.29, 0.717) is 11.3 Å². The molecule has 0 fully saturated rings. The molecule has 2 N–H and O–H groups in total. The third-order valence-corrected chi connectivity index (χ3v) is 2.66. The molecule has 0 aliphatic carbocycles. The van der Waals surface area contributed by atoms with Crippen molar-refractivity contribution in [2.75, 3.05) is 0 Å². The maximum absolute atomic E-state index is 12.9. The van der Waals surface area contributed by atoms with E-state index in [1.54, 1.807) is 12.1 Å². The molecule has 1 aromatic heterocycles. The van der Waals surface area contributed by atoms with Gasteiger partial charge in [0.05, 0.1) is 5.02 Å². The van der Waals surface area contributed by atoms with Gasteiger partial charge < -0.3 is 10.5 Å². The standard InChI is InChI=1S/C12H8ClFN2OS/c13-9-6-8(14)1-2-10(9)17-11-5-7(12(15)18)3-4-16-11/h1-6H,(H2,15,18). The third-order valence-electron chi connectivity index (χ3n) is 2.13. The summed E-state index contributed by atoms with van der Waals surface area (Å²) in [6.45, 7) is 0. The molecule has 18 heavy (non-hydrogen) atoms. The maximum Gasteiger partial charge on any atom is 0.219 e. The molecule has 0 radical (unpaired) electrons. The molecule has 0 aliphatic rings. The molecular formula is C12H8ClFN2OS. The van der Waals surface area contributed by atoms with E-state index in [0.717, 1.165) is 6.07 Å². The Morgan fingerprint density at radius 1 is 1.33 bits per heavy atom. The maximum atomic E-state index is 12.9. The SMILES string of the molecule is NC(=S)c1ccnc(Oc2ccc(F)cc2Cl)c1. The van der Waals surface area contributed by atoms with Crippen LogP contribution in [0.4, 0.5) is 4.39 Å². The zero-order valence-electron chi connectivity index (χ0n) is 9.06. The topological polar surface area (TPSA) is 48.1 Å². The molecule has 0 saturated carbocycles. The number of hydrogen-bond donors (Lipinski definition) is 1. The average molecular weight is 283 g/mol. The Kier molecular flexibility index (Phi) is 3.74. The van der Waals surface area contributed by atoms with E-state index in [9.17, 15) is 4.39 Å². The van der Waals surface area contributed by atoms with E-state index in [1.165, 1.54) is 18.3 Å². The number of thiocarbonyl (C=S) groups is 1. The minimum atomic E-state index is -0.433. The summed E-state index contributed by atoms with van der Waals surface area (Å²) in [5, 5.41) is 0.164. The number of pyridine rings is 1. The molecule has 0 unspecified atom stereocenters. The molecule has 0 atom stereocenters. The Morgan fingerprint density at radius 3 is 2.78 bits per heavy atom. The molecule has 2 aromatic rings. The summed E-state index contributed by atoms with van der Waals surface area (Å²) in [6.07, 6.45) is 1.52. The number of rotatable bonds is 3. The van der Waals surface area contributed by atoms with Crippen LogP contribution >= 0.6 is 23.8 Å². The van der Waals surface area contributed by atoms with Crippen LogP contribution in [-0.2, 0) is 0 Å². The first-order chi connectivity index (χ1) is 8.56. The first-order valence-electron chi connectivity index (χ1n) is 4.95. The summed E-state index contributed by atoms with van der Waals surface area (Å²) in [7, 11) is 0. The predicted octanol–water partition coefficient (Wildman–Crippen LogP) is 3.30. The second-order valence-corrected chi connectivity index (χ2v) is 4.27. The fraction of sp³-hybridized carbons (Fsp3) is 0. The van der Waals surface area contributed by atoms with Gasteiger partial charge in [0.1, 0.15) is 16.6 Å². The van der Waals surface area contributed by atoms with Crippen LogP contribution in [0.2, 0.25) is 5.02 Å². The molecule has 1 heterocycles. The second kappa shape index (κ2) is 5.29. The summed E-state index contributed by atoms with van der Waals surface area (Å²) in [5.74, 6) is 0.164. The van der Waals surface area contributed by atoms with Gasteiger partial charge in [-0.1, -0.05) is 23.8 Å². The van der Waals surface area contributed by atoms with Crippen LogP contribution in [0.15, 0.2) is 36.5 Å². The van der Waals surface area contributed by atoms with Crippen LogP contribution in [0.1, 0.15) is 5.56 Å². The minimum Gasteiger partial charge on any atom is -0.437 e. The van der Waals surface area contributed by atoms with E-state index in [2.05, 4.69) is 4.98 Å². The highest BCUT2D eigenvalue weighted by Gasteiger charge is 2.06. The smallest absolute Gasteiger partial charge is 0.219 e. The van der Waals surface area contributed by atoms with Gasteiger partial charge in [0.25, 0.3) is 0 Å². The van der Waals surface area contributed by atoms with Crippen molar-refractivity contribution in [3.05, 3.63) is 52.9 Å². The summed E-state index contributed by atoms with van der Waals surface area (Å²) in [5.41, 5.74) is 6.13. The first-order valence-corrected chi connectivity index (χ1v) is 5.73. The number of hydrogen-bond acceptors (Lipinski definition) is 3. The minimum absolute atomic E-state index is 0.164. The number of benzene rings is 1. The molecule has 2 rings (SSSR count). The van der Waals surface area contributed by atoms with Crippen molar-refractivity contribution in [1.29, 1.82) is 0 Å². The van der Waals surface area contributed by atoms with E-state index < -0.39 is 5.82 Å². The van der Waals surface area contributed by atoms with Crippen LogP contribution < -0.4 is 10.5 Å². The van der Waals surface area contributed by atoms with Crippen LogP contribution in [0, 0.1) is 5.82 Å². The van der Waals surface area contributed by atoms with Gasteiger partial charge >= 0.3 is 0 Å². The highest BCUT2D eigenvalue weighted by atomic mass is 35.5. The Hall–Kier alpha value is -1.72. The lowest BCUT2D eigenvalue weighted by Gasteiger charge is -2.07. The van der Waals surface area contributed by atoms with Crippen molar-refractivity contribution in [2.24, 2.45) is 5.73 Å². The fourth-order valence-electron chi connectivity index (χ4n) is 1.29. The zero-order valence-corrected chi connectivity index (χ0v) is 10.6. The van der Waals surface area contributed by atoms with Crippen molar-refractivity contribution in [3.8, 4) is 11.6 Å². The molecule has 0 saturated heterocycles. The predicted molar refractivity (Wildman–Crippen MR) is 71.6 cm³/mol. The van der Waals surface area contributed by atoms with E-state index in [-0.39, 0.29) is 15.9 Å². The van der Waals surface area contributed by atoms with Crippen LogP contribution in [-0.4, -0.2) is 9.97 Å². The van der Waals surface area contributed by atoms with Crippen LogP contribution in [0.25, 0.3) is 0 Å². The van der Waals surface area contributed by atoms with E-state index in [1.807, 2.05) is 0 Å². The van der Waals surface area contributed by atoms with Gasteiger partial charge in [-0.15, -0.1) is 0 Å². The van der Waals surface area contributed by atoms with Gasteiger partial charge in [-0.05, 0) is 24.3 Å². The highest BCUT2D eigenvalue weighted by Crippen LogP contribution is 2.29. The highest BCUT2D eigenvalue weighted by molar-refractivity contribution is 7.80. The van der Waals surface area contributed by atoms with Crippen LogP contribution in [0.5, 0.6) is 11.6 Å². The lowest BCUT2D eigenvalue weighted by molar-refractivity contribution is 0.461. The fourth-order valence-corrected chi connectivity index (χ4v) is 1.62. The molecule has 0 amide bonds. The normalized spacial score (nSPS) is 10.1. The van der Waals surface area contributed by atoms with Gasteiger partial charge in [0, 0.05) is 17.8 Å². The number of aromatic nitrogens is 1. The second-order valence-electron chi connectivity index (χ2n) is 3.42. The van der Waals surface area contributed by atoms with Crippen molar-refractivity contribution in [2.45, 2.75) is 0 Å². The zero-order chi connectivity index (χ0) is 13.1. The molecule has 0 aliphatic heterocycles. The van der Waals surface area contributed by atoms with Gasteiger partial charge in [-0.25, -0.2) is 9.37 Å². The average Bonchev–Trinajstić information content (AvgIpc) is 2.33. The Bertz CT molecular complexity index is 606. The summed E-state index contributed by atoms with van der Waals surface area (Å²) in [6, 6.07) is 7.09. The van der Waals surface area contributed by atoms with Crippen molar-refractivity contribution < 1.29 is 9.13 Å². The number of nitrogens with two attached hydrogens (primary N) is 1. The quantitative estimate of drug-likeness (QED) is 0.878. The van der Waals surface area contributed by atoms with Crippen molar-refractivity contribution in [1.82, 2.24) is 4.98 Å². The van der Waals surface area contributed by atoms with E-state index in [4.69, 9.17) is 34.3 Å². The molecule has 6 heteroatoms. The molecule has 0 spiro atoms. The summed E-state index contributed by atoms with van der Waals surface area (Å²) in [4.78, 5) is 4.23. The summed E-state index contributed by atoms with van der Waals surface area (Å²) >= 11 is 10.7. The van der Waals surface area contributed by atoms with Gasteiger partial charge in [-0.2, -0.15) is 0 Å². The number of nitrogens with zero attached hydrogens (tertiary/aromatic N) is 1. The lowest BCUT2D eigenvalue weighted by Crippen LogP contribution is -2.09. The summed E-state index contributed by atoms with van der Waals surface area (Å²) < 4.78 is 18.3. The largest absolute Gasteiger partial charge is 0.437 e. The van der Waals surface area contributed by atoms with Crippen molar-refractivity contribution in [3.63, 3.8) is 0 Å². The lowest BCUT2D eigenvalue weighted by atomic mass is 10.3. The molecular weight excluding hydrogens is 275 g/mol. The van der Waals surface area contributed by atoms with Gasteiger partial charge in [0.2, 0.25) is 5.88 Å². The Labute approximate surface area is 113 Å². The number of ether oxygens (including phenoxy) is 1. The van der Waals surface area contributed by atoms with Gasteiger partial charge in [0.15, 0.2) is 0 Å². The Morgan fingerprint density at radius 2 is 2.11 bits per heavy atom. The first kappa shape index (κ1) is 12.7. The van der Waals surface area contributed by atoms with Crippen LogP contribution in [0.3, 0.4) is 0 Å². The number of halogens is 2. The third kappa shape index (κ3) is 2.94. The van der Waals surface area contributed by atoms with Gasteiger partial charge in [-0.3, -0.25) is 0 Å². The van der Waals surface area contributed by atoms with Crippen molar-refractivity contribution >= 4 is 28.8 Å². The molecule has 3 nitrogen and oxygen atoms in total. The molecule has 0 bridgehead atoms.